The van der Waals surface area contributed by atoms with Crippen molar-refractivity contribution in [1.82, 2.24) is 10.2 Å². The lowest BCUT2D eigenvalue weighted by Crippen LogP contribution is -2.61. The van der Waals surface area contributed by atoms with Crippen molar-refractivity contribution in [2.45, 2.75) is 32.9 Å². The van der Waals surface area contributed by atoms with Crippen LogP contribution in [0.15, 0.2) is 12.7 Å². The van der Waals surface area contributed by atoms with Gasteiger partial charge in [-0.1, -0.05) is 19.9 Å². The third kappa shape index (κ3) is 2.37. The van der Waals surface area contributed by atoms with Gasteiger partial charge in [0.2, 0.25) is 11.8 Å². The van der Waals surface area contributed by atoms with E-state index < -0.39 is 6.04 Å². The van der Waals surface area contributed by atoms with E-state index in [1.807, 2.05) is 20.8 Å². The molecule has 1 rings (SSSR count). The predicted molar refractivity (Wildman–Crippen MR) is 58.1 cm³/mol. The Morgan fingerprint density at radius 2 is 2.07 bits per heavy atom. The average molecular weight is 210 g/mol. The van der Waals surface area contributed by atoms with Gasteiger partial charge in [-0.15, -0.1) is 6.58 Å². The van der Waals surface area contributed by atoms with Crippen LogP contribution in [-0.2, 0) is 9.59 Å². The molecule has 0 spiro atoms. The summed E-state index contributed by atoms with van der Waals surface area (Å²) < 4.78 is 0. The van der Waals surface area contributed by atoms with Crippen LogP contribution in [0.25, 0.3) is 0 Å². The van der Waals surface area contributed by atoms with Crippen LogP contribution in [-0.4, -0.2) is 35.3 Å². The number of piperazine rings is 1. The van der Waals surface area contributed by atoms with E-state index in [2.05, 4.69) is 11.9 Å². The van der Waals surface area contributed by atoms with Crippen LogP contribution in [0.1, 0.15) is 20.8 Å². The lowest BCUT2D eigenvalue weighted by atomic mass is 10.00. The van der Waals surface area contributed by atoms with Gasteiger partial charge in [-0.25, -0.2) is 0 Å². The zero-order valence-corrected chi connectivity index (χ0v) is 9.49. The summed E-state index contributed by atoms with van der Waals surface area (Å²) in [5.41, 5.74) is 0. The van der Waals surface area contributed by atoms with E-state index in [9.17, 15) is 9.59 Å². The Bertz CT molecular complexity index is 286. The molecule has 1 N–H and O–H groups in total. The van der Waals surface area contributed by atoms with Crippen LogP contribution in [0.5, 0.6) is 0 Å². The molecular formula is C11H18N2O2. The first kappa shape index (κ1) is 11.8. The maximum absolute atomic E-state index is 12.0. The first-order valence-electron chi connectivity index (χ1n) is 5.19. The first-order valence-corrected chi connectivity index (χ1v) is 5.19. The molecule has 1 heterocycles. The van der Waals surface area contributed by atoms with Crippen molar-refractivity contribution < 1.29 is 9.59 Å². The highest BCUT2D eigenvalue weighted by Crippen LogP contribution is 2.13. The molecule has 2 amide bonds. The molecule has 0 aromatic rings. The second-order valence-electron chi connectivity index (χ2n) is 4.23. The molecule has 2 atom stereocenters. The molecule has 0 radical (unpaired) electrons. The highest BCUT2D eigenvalue weighted by molar-refractivity contribution is 5.95. The minimum absolute atomic E-state index is 0.0167. The fourth-order valence-electron chi connectivity index (χ4n) is 1.62. The van der Waals surface area contributed by atoms with Gasteiger partial charge >= 0.3 is 0 Å². The molecule has 0 bridgehead atoms. The smallest absolute Gasteiger partial charge is 0.246 e. The fourth-order valence-corrected chi connectivity index (χ4v) is 1.62. The summed E-state index contributed by atoms with van der Waals surface area (Å²) in [6.45, 7) is 9.48. The van der Waals surface area contributed by atoms with Crippen molar-refractivity contribution in [1.29, 1.82) is 0 Å². The van der Waals surface area contributed by atoms with Crippen LogP contribution in [0, 0.1) is 5.92 Å². The third-order valence-electron chi connectivity index (χ3n) is 2.68. The Kier molecular flexibility index (Phi) is 3.50. The SMILES string of the molecule is C=CC(C)N1CC(=O)NC(C(C)C)C1=O. The van der Waals surface area contributed by atoms with Crippen molar-refractivity contribution in [3.05, 3.63) is 12.7 Å². The van der Waals surface area contributed by atoms with E-state index in [0.717, 1.165) is 0 Å². The van der Waals surface area contributed by atoms with Crippen LogP contribution in [0.2, 0.25) is 0 Å². The average Bonchev–Trinajstić information content (AvgIpc) is 2.19. The molecule has 0 aromatic heterocycles. The van der Waals surface area contributed by atoms with E-state index >= 15 is 0 Å². The molecule has 0 aromatic carbocycles. The minimum atomic E-state index is -0.395. The van der Waals surface area contributed by atoms with Crippen molar-refractivity contribution in [3.63, 3.8) is 0 Å². The van der Waals surface area contributed by atoms with Crippen LogP contribution in [0.3, 0.4) is 0 Å². The summed E-state index contributed by atoms with van der Waals surface area (Å²) in [7, 11) is 0. The Hall–Kier alpha value is -1.32. The van der Waals surface area contributed by atoms with E-state index in [1.54, 1.807) is 11.0 Å². The normalized spacial score (nSPS) is 24.0. The maximum Gasteiger partial charge on any atom is 0.246 e. The molecule has 4 nitrogen and oxygen atoms in total. The molecule has 84 valence electrons. The lowest BCUT2D eigenvalue weighted by molar-refractivity contribution is -0.146. The quantitative estimate of drug-likeness (QED) is 0.691. The first-order chi connectivity index (χ1) is 6.97. The topological polar surface area (TPSA) is 49.4 Å². The van der Waals surface area contributed by atoms with Gasteiger partial charge in [-0.05, 0) is 12.8 Å². The molecule has 0 aliphatic carbocycles. The monoisotopic (exact) mass is 210 g/mol. The third-order valence-corrected chi connectivity index (χ3v) is 2.68. The largest absolute Gasteiger partial charge is 0.343 e. The Balaban J connectivity index is 2.85. The number of carbonyl (C=O) groups is 2. The van der Waals surface area contributed by atoms with Gasteiger partial charge in [0.15, 0.2) is 0 Å². The summed E-state index contributed by atoms with van der Waals surface area (Å²) in [6, 6.07) is -0.488. The van der Waals surface area contributed by atoms with Crippen LogP contribution >= 0.6 is 0 Å². The van der Waals surface area contributed by atoms with Crippen LogP contribution in [0.4, 0.5) is 0 Å². The standard InChI is InChI=1S/C11H18N2O2/c1-5-8(4)13-6-9(14)12-10(7(2)3)11(13)15/h5,7-8,10H,1,6H2,2-4H3,(H,12,14). The molecule has 1 aliphatic rings. The summed E-state index contributed by atoms with van der Waals surface area (Å²) in [6.07, 6.45) is 1.67. The lowest BCUT2D eigenvalue weighted by Gasteiger charge is -2.36. The molecule has 1 fully saturated rings. The van der Waals surface area contributed by atoms with Crippen molar-refractivity contribution in [2.24, 2.45) is 5.92 Å². The number of rotatable bonds is 3. The van der Waals surface area contributed by atoms with Gasteiger partial charge < -0.3 is 10.2 Å². The van der Waals surface area contributed by atoms with Gasteiger partial charge in [0.1, 0.15) is 12.6 Å². The maximum atomic E-state index is 12.0. The number of hydrogen-bond acceptors (Lipinski definition) is 2. The second-order valence-corrected chi connectivity index (χ2v) is 4.23. The van der Waals surface area contributed by atoms with Gasteiger partial charge in [-0.2, -0.15) is 0 Å². The number of carbonyl (C=O) groups excluding carboxylic acids is 2. The predicted octanol–water partition coefficient (Wildman–Crippen LogP) is 0.544. The molecule has 4 heteroatoms. The van der Waals surface area contributed by atoms with E-state index in [4.69, 9.17) is 0 Å². The fraction of sp³-hybridized carbons (Fsp3) is 0.636. The van der Waals surface area contributed by atoms with Gasteiger partial charge in [-0.3, -0.25) is 9.59 Å². The molecule has 2 unspecified atom stereocenters. The summed E-state index contributed by atoms with van der Waals surface area (Å²) in [5, 5.41) is 2.71. The van der Waals surface area contributed by atoms with Crippen molar-refractivity contribution in [2.75, 3.05) is 6.54 Å². The van der Waals surface area contributed by atoms with Gasteiger partial charge in [0, 0.05) is 6.04 Å². The zero-order valence-electron chi connectivity index (χ0n) is 9.49. The summed E-state index contributed by atoms with van der Waals surface area (Å²) >= 11 is 0. The Labute approximate surface area is 90.3 Å². The molecule has 15 heavy (non-hydrogen) atoms. The van der Waals surface area contributed by atoms with E-state index in [-0.39, 0.29) is 30.3 Å². The summed E-state index contributed by atoms with van der Waals surface area (Å²) in [4.78, 5) is 25.0. The van der Waals surface area contributed by atoms with Crippen molar-refractivity contribution >= 4 is 11.8 Å². The Morgan fingerprint density at radius 3 is 2.53 bits per heavy atom. The van der Waals surface area contributed by atoms with Crippen molar-refractivity contribution in [3.8, 4) is 0 Å². The number of hydrogen-bond donors (Lipinski definition) is 1. The van der Waals surface area contributed by atoms with Gasteiger partial charge in [0.25, 0.3) is 0 Å². The highest BCUT2D eigenvalue weighted by atomic mass is 16.2. The molecular weight excluding hydrogens is 192 g/mol. The number of amides is 2. The molecule has 0 saturated carbocycles. The second kappa shape index (κ2) is 4.47. The number of nitrogens with one attached hydrogen (secondary N) is 1. The highest BCUT2D eigenvalue weighted by Gasteiger charge is 2.35. The van der Waals surface area contributed by atoms with E-state index in [0.29, 0.717) is 0 Å². The zero-order chi connectivity index (χ0) is 11.6. The summed E-state index contributed by atoms with van der Waals surface area (Å²) in [5.74, 6) is 0.000246. The molecule has 1 aliphatic heterocycles. The van der Waals surface area contributed by atoms with Crippen LogP contribution < -0.4 is 5.32 Å². The number of nitrogens with zero attached hydrogens (tertiary/aromatic N) is 1. The molecule has 1 saturated heterocycles. The van der Waals surface area contributed by atoms with Gasteiger partial charge in [0.05, 0.1) is 0 Å². The van der Waals surface area contributed by atoms with E-state index in [1.165, 1.54) is 0 Å². The minimum Gasteiger partial charge on any atom is -0.343 e. The Morgan fingerprint density at radius 1 is 1.47 bits per heavy atom.